The van der Waals surface area contributed by atoms with Gasteiger partial charge in [0.15, 0.2) is 13.2 Å². The third kappa shape index (κ3) is 2.33. The minimum Gasteiger partial charge on any atom is -0.251 e. The first-order valence-electron chi connectivity index (χ1n) is 7.57. The molecule has 0 bridgehead atoms. The zero-order valence-electron chi connectivity index (χ0n) is 13.9. The minimum atomic E-state index is 1.05. The first kappa shape index (κ1) is 14.5. The van der Waals surface area contributed by atoms with E-state index in [4.69, 9.17) is 4.98 Å². The summed E-state index contributed by atoms with van der Waals surface area (Å²) in [6.07, 6.45) is 4.11. The maximum atomic E-state index is 4.89. The average molecular weight is 292 g/mol. The Bertz CT molecular complexity index is 800. The second-order valence-electron chi connectivity index (χ2n) is 5.93. The van der Waals surface area contributed by atoms with Crippen LogP contribution >= 0.6 is 0 Å². The highest BCUT2D eigenvalue weighted by atomic mass is 15.4. The predicted octanol–water partition coefficient (Wildman–Crippen LogP) is 3.60. The van der Waals surface area contributed by atoms with Gasteiger partial charge in [0.1, 0.15) is 5.69 Å². The normalized spacial score (nSPS) is 11.0. The van der Waals surface area contributed by atoms with Gasteiger partial charge in [-0.3, -0.25) is 4.98 Å². The van der Waals surface area contributed by atoms with Crippen LogP contribution in [0.5, 0.6) is 0 Å². The highest BCUT2D eigenvalue weighted by Crippen LogP contribution is 2.28. The average Bonchev–Trinajstić information content (AvgIpc) is 2.84. The molecule has 0 fully saturated rings. The van der Waals surface area contributed by atoms with E-state index in [-0.39, 0.29) is 0 Å². The fraction of sp³-hybridized carbons (Fsp3) is 0.263. The Hall–Kier alpha value is -2.42. The van der Waals surface area contributed by atoms with Crippen LogP contribution in [0.15, 0.2) is 42.7 Å². The van der Waals surface area contributed by atoms with E-state index in [0.29, 0.717) is 0 Å². The molecule has 2 aromatic heterocycles. The summed E-state index contributed by atoms with van der Waals surface area (Å²) in [6.45, 7) is 8.53. The lowest BCUT2D eigenvalue weighted by Crippen LogP contribution is -2.37. The lowest BCUT2D eigenvalue weighted by Gasteiger charge is -2.14. The molecule has 0 N–H and O–H groups in total. The van der Waals surface area contributed by atoms with Gasteiger partial charge < -0.3 is 0 Å². The van der Waals surface area contributed by atoms with Crippen molar-refractivity contribution in [3.8, 4) is 16.9 Å². The molecule has 3 rings (SSSR count). The standard InChI is InChI=1S/C19H22N3/c1-13-8-6-9-14(2)18(13)17-12-15(3)19(16(4)20-17)22-11-7-10-21(22)5/h6-12H,1-5H3/q+1. The van der Waals surface area contributed by atoms with Crippen molar-refractivity contribution < 1.29 is 4.68 Å². The van der Waals surface area contributed by atoms with Crippen molar-refractivity contribution in [2.24, 2.45) is 7.05 Å². The third-order valence-corrected chi connectivity index (χ3v) is 4.19. The molecule has 0 saturated carbocycles. The maximum absolute atomic E-state index is 4.89. The van der Waals surface area contributed by atoms with Gasteiger partial charge in [0.05, 0.1) is 17.6 Å². The topological polar surface area (TPSA) is 21.7 Å². The van der Waals surface area contributed by atoms with E-state index < -0.39 is 0 Å². The Balaban J connectivity index is 2.21. The van der Waals surface area contributed by atoms with Crippen molar-refractivity contribution in [3.05, 3.63) is 65.1 Å². The first-order chi connectivity index (χ1) is 10.5. The van der Waals surface area contributed by atoms with Gasteiger partial charge in [0.2, 0.25) is 0 Å². The summed E-state index contributed by atoms with van der Waals surface area (Å²) < 4.78 is 4.20. The summed E-state index contributed by atoms with van der Waals surface area (Å²) >= 11 is 0. The number of rotatable bonds is 2. The monoisotopic (exact) mass is 292 g/mol. The fourth-order valence-corrected chi connectivity index (χ4v) is 3.17. The van der Waals surface area contributed by atoms with Crippen molar-refractivity contribution >= 4 is 0 Å². The quantitative estimate of drug-likeness (QED) is 0.661. The molecule has 112 valence electrons. The number of pyridine rings is 1. The molecule has 0 amide bonds. The molecule has 3 nitrogen and oxygen atoms in total. The van der Waals surface area contributed by atoms with E-state index in [9.17, 15) is 0 Å². The molecule has 1 aromatic carbocycles. The van der Waals surface area contributed by atoms with Gasteiger partial charge in [-0.25, -0.2) is 0 Å². The number of hydrogen-bond acceptors (Lipinski definition) is 1. The number of aryl methyl sites for hydroxylation is 5. The summed E-state index contributed by atoms with van der Waals surface area (Å²) in [5.74, 6) is 0. The molecule has 2 heterocycles. The molecule has 0 aliphatic carbocycles. The number of hydrogen-bond donors (Lipinski definition) is 0. The first-order valence-corrected chi connectivity index (χ1v) is 7.57. The molecule has 3 aromatic rings. The van der Waals surface area contributed by atoms with Crippen LogP contribution < -0.4 is 4.68 Å². The van der Waals surface area contributed by atoms with Crippen molar-refractivity contribution in [2.75, 3.05) is 0 Å². The molecule has 0 aliphatic heterocycles. The van der Waals surface area contributed by atoms with Crippen LogP contribution in [-0.4, -0.2) is 9.67 Å². The highest BCUT2D eigenvalue weighted by molar-refractivity contribution is 5.69. The highest BCUT2D eigenvalue weighted by Gasteiger charge is 2.16. The van der Waals surface area contributed by atoms with Gasteiger partial charge in [-0.15, -0.1) is 9.36 Å². The SMILES string of the molecule is Cc1cccc(C)c1-c1cc(C)c(-n2ccc[n+]2C)c(C)n1. The molecule has 0 aliphatic rings. The van der Waals surface area contributed by atoms with Crippen LogP contribution in [0.2, 0.25) is 0 Å². The smallest absolute Gasteiger partial charge is 0.195 e. The van der Waals surface area contributed by atoms with E-state index in [1.54, 1.807) is 0 Å². The second-order valence-corrected chi connectivity index (χ2v) is 5.93. The second kappa shape index (κ2) is 5.41. The molecule has 0 atom stereocenters. The largest absolute Gasteiger partial charge is 0.251 e. The van der Waals surface area contributed by atoms with Crippen molar-refractivity contribution in [1.82, 2.24) is 9.67 Å². The van der Waals surface area contributed by atoms with Crippen LogP contribution in [0.3, 0.4) is 0 Å². The maximum Gasteiger partial charge on any atom is 0.195 e. The van der Waals surface area contributed by atoms with Gasteiger partial charge in [-0.2, -0.15) is 0 Å². The number of benzene rings is 1. The predicted molar refractivity (Wildman–Crippen MR) is 89.1 cm³/mol. The van der Waals surface area contributed by atoms with Gasteiger partial charge in [-0.1, -0.05) is 18.2 Å². The lowest BCUT2D eigenvalue weighted by molar-refractivity contribution is -0.744. The molecular weight excluding hydrogens is 270 g/mol. The lowest BCUT2D eigenvalue weighted by atomic mass is 9.98. The van der Waals surface area contributed by atoms with E-state index in [0.717, 1.165) is 17.1 Å². The molecular formula is C19H22N3+. The summed E-state index contributed by atoms with van der Waals surface area (Å²) in [4.78, 5) is 4.89. The number of aromatic nitrogens is 3. The van der Waals surface area contributed by atoms with E-state index >= 15 is 0 Å². The molecule has 0 spiro atoms. The van der Waals surface area contributed by atoms with Crippen molar-refractivity contribution in [3.63, 3.8) is 0 Å². The van der Waals surface area contributed by atoms with Crippen LogP contribution in [0.1, 0.15) is 22.4 Å². The van der Waals surface area contributed by atoms with Gasteiger partial charge in [-0.05, 0) is 50.5 Å². The molecule has 0 saturated heterocycles. The van der Waals surface area contributed by atoms with E-state index in [1.807, 2.05) is 19.3 Å². The Morgan fingerprint density at radius 2 is 1.64 bits per heavy atom. The molecule has 0 radical (unpaired) electrons. The Kier molecular flexibility index (Phi) is 3.57. The van der Waals surface area contributed by atoms with Gasteiger partial charge in [0, 0.05) is 11.6 Å². The molecule has 3 heteroatoms. The number of nitrogens with zero attached hydrogens (tertiary/aromatic N) is 3. The van der Waals surface area contributed by atoms with E-state index in [2.05, 4.69) is 67.5 Å². The Labute approximate surface area is 131 Å². The summed E-state index contributed by atoms with van der Waals surface area (Å²) in [7, 11) is 2.04. The van der Waals surface area contributed by atoms with Gasteiger partial charge >= 0.3 is 0 Å². The van der Waals surface area contributed by atoms with Crippen LogP contribution in [0.25, 0.3) is 16.9 Å². The summed E-state index contributed by atoms with van der Waals surface area (Å²) in [6, 6.07) is 10.6. The van der Waals surface area contributed by atoms with Crippen molar-refractivity contribution in [1.29, 1.82) is 0 Å². The molecule has 22 heavy (non-hydrogen) atoms. The van der Waals surface area contributed by atoms with Crippen LogP contribution in [-0.2, 0) is 7.05 Å². The third-order valence-electron chi connectivity index (χ3n) is 4.19. The van der Waals surface area contributed by atoms with Crippen molar-refractivity contribution in [2.45, 2.75) is 27.7 Å². The van der Waals surface area contributed by atoms with Crippen LogP contribution in [0, 0.1) is 27.7 Å². The zero-order chi connectivity index (χ0) is 15.9. The van der Waals surface area contributed by atoms with Gasteiger partial charge in [0.25, 0.3) is 0 Å². The minimum absolute atomic E-state index is 1.05. The summed E-state index contributed by atoms with van der Waals surface area (Å²) in [5.41, 5.74) is 8.28. The Morgan fingerprint density at radius 3 is 2.18 bits per heavy atom. The van der Waals surface area contributed by atoms with Crippen LogP contribution in [0.4, 0.5) is 0 Å². The zero-order valence-corrected chi connectivity index (χ0v) is 13.9. The van der Waals surface area contributed by atoms with E-state index in [1.165, 1.54) is 22.3 Å². The fourth-order valence-electron chi connectivity index (χ4n) is 3.17. The summed E-state index contributed by atoms with van der Waals surface area (Å²) in [5, 5.41) is 0. The molecule has 0 unspecified atom stereocenters. The Morgan fingerprint density at radius 1 is 0.955 bits per heavy atom.